The molecule has 0 aromatic carbocycles. The van der Waals surface area contributed by atoms with Crippen molar-refractivity contribution in [2.75, 3.05) is 47.5 Å². The fourth-order valence-electron chi connectivity index (χ4n) is 6.30. The molecule has 0 fully saturated rings. The Labute approximate surface area is 385 Å². The molecule has 0 aliphatic rings. The molecule has 360 valence electrons. The molecule has 0 aromatic rings. The number of ether oxygens (including phenoxy) is 4. The van der Waals surface area contributed by atoms with Crippen molar-refractivity contribution in [1.29, 1.82) is 0 Å². The van der Waals surface area contributed by atoms with Gasteiger partial charge in [-0.05, 0) is 89.9 Å². The van der Waals surface area contributed by atoms with Gasteiger partial charge in [0.1, 0.15) is 13.2 Å². The van der Waals surface area contributed by atoms with E-state index in [-0.39, 0.29) is 38.6 Å². The van der Waals surface area contributed by atoms with Crippen LogP contribution in [-0.2, 0) is 33.3 Å². The lowest BCUT2D eigenvalue weighted by atomic mass is 10.1. The van der Waals surface area contributed by atoms with Gasteiger partial charge in [-0.15, -0.1) is 0 Å². The smallest absolute Gasteiger partial charge is 0.306 e. The third-order valence-electron chi connectivity index (χ3n) is 10.1. The molecule has 0 aliphatic heterocycles. The largest absolute Gasteiger partial charge is 0.545 e. The second kappa shape index (κ2) is 45.1. The number of nitrogens with zero attached hydrogens (tertiary/aromatic N) is 1. The van der Waals surface area contributed by atoms with Crippen LogP contribution in [0.3, 0.4) is 0 Å². The van der Waals surface area contributed by atoms with Crippen LogP contribution in [0, 0.1) is 0 Å². The van der Waals surface area contributed by atoms with Gasteiger partial charge in [-0.2, -0.15) is 0 Å². The normalized spacial score (nSPS) is 13.6. The minimum absolute atomic E-state index is 0.134. The van der Waals surface area contributed by atoms with Crippen LogP contribution in [0.5, 0.6) is 0 Å². The summed E-state index contributed by atoms with van der Waals surface area (Å²) in [5.41, 5.74) is 0. The summed E-state index contributed by atoms with van der Waals surface area (Å²) in [5, 5.41) is 11.7. The zero-order valence-electron chi connectivity index (χ0n) is 40.7. The van der Waals surface area contributed by atoms with Crippen LogP contribution in [0.4, 0.5) is 0 Å². The molecule has 0 spiro atoms. The van der Waals surface area contributed by atoms with Crippen molar-refractivity contribution < 1.29 is 42.9 Å². The number of aliphatic carboxylic acids is 1. The molecular formula is C54H91NO8. The number of rotatable bonds is 44. The first-order chi connectivity index (χ1) is 30.6. The van der Waals surface area contributed by atoms with Gasteiger partial charge in [0.2, 0.25) is 0 Å². The highest BCUT2D eigenvalue weighted by Crippen LogP contribution is 2.13. The summed E-state index contributed by atoms with van der Waals surface area (Å²) < 4.78 is 22.5. The maximum absolute atomic E-state index is 12.8. The van der Waals surface area contributed by atoms with Crippen LogP contribution in [0.2, 0.25) is 0 Å². The molecule has 0 heterocycles. The van der Waals surface area contributed by atoms with Crippen molar-refractivity contribution >= 4 is 17.9 Å². The monoisotopic (exact) mass is 882 g/mol. The van der Waals surface area contributed by atoms with E-state index in [2.05, 4.69) is 98.9 Å². The number of likely N-dealkylation sites (N-methyl/N-ethyl adjacent to an activating group) is 1. The van der Waals surface area contributed by atoms with E-state index in [1.165, 1.54) is 64.2 Å². The minimum Gasteiger partial charge on any atom is -0.545 e. The van der Waals surface area contributed by atoms with E-state index in [4.69, 9.17) is 18.9 Å². The number of hydrogen-bond donors (Lipinski definition) is 0. The first-order valence-corrected chi connectivity index (χ1v) is 24.7. The standard InChI is InChI=1S/C54H91NO8/c1-6-8-10-12-14-16-18-20-22-23-24-25-26-27-28-29-31-32-34-36-38-40-42-44-51(56)61-48-50(49-62-54(53(58)59)60-47-46-55(3,4)5)63-52(57)45-43-41-39-37-35-33-30-21-19-17-15-13-11-9-7-2/h9,11,15,17-18,20-21,23-24,26-27,30,35,37,50,54H,6-8,10,12-14,16,19,22,25,28-29,31-34,36,38-49H2,1-5H3/b11-9-,17-15-,20-18-,24-23-,27-26-,30-21-,37-35-. The Kier molecular flexibility index (Phi) is 42.5. The lowest BCUT2D eigenvalue weighted by Crippen LogP contribution is -2.44. The minimum atomic E-state index is -1.64. The first-order valence-electron chi connectivity index (χ1n) is 24.7. The Morgan fingerprint density at radius 2 is 0.905 bits per heavy atom. The quantitative estimate of drug-likeness (QED) is 0.0196. The zero-order chi connectivity index (χ0) is 46.3. The molecule has 63 heavy (non-hydrogen) atoms. The summed E-state index contributed by atoms with van der Waals surface area (Å²) in [6, 6.07) is 0. The number of carboxylic acid groups (broad SMARTS) is 1. The Balaban J connectivity index is 4.41. The molecule has 9 nitrogen and oxygen atoms in total. The number of carbonyl (C=O) groups is 3. The van der Waals surface area contributed by atoms with Crippen molar-refractivity contribution in [3.8, 4) is 0 Å². The molecule has 0 aromatic heterocycles. The second-order valence-electron chi connectivity index (χ2n) is 17.4. The molecule has 0 N–H and O–H groups in total. The molecule has 9 heteroatoms. The van der Waals surface area contributed by atoms with Gasteiger partial charge >= 0.3 is 11.9 Å². The van der Waals surface area contributed by atoms with E-state index in [0.29, 0.717) is 17.4 Å². The molecule has 2 atom stereocenters. The summed E-state index contributed by atoms with van der Waals surface area (Å²) in [4.78, 5) is 37.1. The lowest BCUT2D eigenvalue weighted by molar-refractivity contribution is -0.870. The molecule has 0 saturated heterocycles. The van der Waals surface area contributed by atoms with Gasteiger partial charge in [-0.25, -0.2) is 0 Å². The van der Waals surface area contributed by atoms with Crippen LogP contribution >= 0.6 is 0 Å². The highest BCUT2D eigenvalue weighted by molar-refractivity contribution is 5.70. The summed E-state index contributed by atoms with van der Waals surface area (Å²) in [5.74, 6) is -2.36. The van der Waals surface area contributed by atoms with Crippen molar-refractivity contribution in [2.24, 2.45) is 0 Å². The van der Waals surface area contributed by atoms with Gasteiger partial charge in [0.15, 0.2) is 12.4 Å². The average molecular weight is 882 g/mol. The van der Waals surface area contributed by atoms with Crippen molar-refractivity contribution in [3.05, 3.63) is 85.1 Å². The first kappa shape index (κ1) is 59.5. The van der Waals surface area contributed by atoms with E-state index < -0.39 is 24.3 Å². The molecule has 2 unspecified atom stereocenters. The van der Waals surface area contributed by atoms with Crippen LogP contribution in [-0.4, -0.2) is 82.3 Å². The fourth-order valence-corrected chi connectivity index (χ4v) is 6.30. The van der Waals surface area contributed by atoms with Gasteiger partial charge in [-0.3, -0.25) is 9.59 Å². The Bertz CT molecular complexity index is 1300. The third-order valence-corrected chi connectivity index (χ3v) is 10.1. The predicted molar refractivity (Wildman–Crippen MR) is 260 cm³/mol. The van der Waals surface area contributed by atoms with Crippen LogP contribution < -0.4 is 5.11 Å². The Morgan fingerprint density at radius 3 is 1.38 bits per heavy atom. The van der Waals surface area contributed by atoms with E-state index >= 15 is 0 Å². The number of quaternary nitrogens is 1. The number of hydrogen-bond acceptors (Lipinski definition) is 8. The second-order valence-corrected chi connectivity index (χ2v) is 17.4. The van der Waals surface area contributed by atoms with Gasteiger partial charge in [0.25, 0.3) is 0 Å². The maximum atomic E-state index is 12.8. The highest BCUT2D eigenvalue weighted by Gasteiger charge is 2.21. The number of carboxylic acids is 1. The summed E-state index contributed by atoms with van der Waals surface area (Å²) in [6.07, 6.45) is 54.8. The van der Waals surface area contributed by atoms with Gasteiger partial charge in [-0.1, -0.05) is 163 Å². The predicted octanol–water partition coefficient (Wildman–Crippen LogP) is 12.3. The molecule has 0 radical (unpaired) electrons. The molecule has 0 aliphatic carbocycles. The number of unbranched alkanes of at least 4 members (excludes halogenated alkanes) is 15. The molecule has 0 saturated carbocycles. The van der Waals surface area contributed by atoms with Crippen LogP contribution in [0.15, 0.2) is 85.1 Å². The average Bonchev–Trinajstić information content (AvgIpc) is 3.24. The number of allylic oxidation sites excluding steroid dienone is 14. The van der Waals surface area contributed by atoms with Gasteiger partial charge in [0.05, 0.1) is 40.3 Å². The SMILES string of the molecule is CC/C=C\C/C=C\C/C=C\C/C=C\CCCCC(=O)OC(COC(=O)CCCCCCCCCC/C=C\C/C=C\C/C=C\CCCCCCC)COC(OCC[N+](C)(C)C)C(=O)[O-]. The van der Waals surface area contributed by atoms with E-state index in [9.17, 15) is 19.5 Å². The molecule has 0 rings (SSSR count). The van der Waals surface area contributed by atoms with E-state index in [1.807, 2.05) is 21.1 Å². The summed E-state index contributed by atoms with van der Waals surface area (Å²) >= 11 is 0. The maximum Gasteiger partial charge on any atom is 0.306 e. The van der Waals surface area contributed by atoms with Crippen molar-refractivity contribution in [3.63, 3.8) is 0 Å². The molecular weight excluding hydrogens is 791 g/mol. The van der Waals surface area contributed by atoms with E-state index in [1.54, 1.807) is 0 Å². The van der Waals surface area contributed by atoms with Crippen molar-refractivity contribution in [1.82, 2.24) is 0 Å². The number of carbonyl (C=O) groups excluding carboxylic acids is 3. The van der Waals surface area contributed by atoms with Crippen molar-refractivity contribution in [2.45, 2.75) is 193 Å². The van der Waals surface area contributed by atoms with Crippen LogP contribution in [0.1, 0.15) is 181 Å². The summed E-state index contributed by atoms with van der Waals surface area (Å²) in [7, 11) is 5.89. The Hall–Kier alpha value is -3.53. The topological polar surface area (TPSA) is 111 Å². The summed E-state index contributed by atoms with van der Waals surface area (Å²) in [6.45, 7) is 4.54. The Morgan fingerprint density at radius 1 is 0.492 bits per heavy atom. The van der Waals surface area contributed by atoms with Gasteiger partial charge < -0.3 is 33.3 Å². The zero-order valence-corrected chi connectivity index (χ0v) is 40.7. The highest BCUT2D eigenvalue weighted by atomic mass is 16.7. The molecule has 0 amide bonds. The lowest BCUT2D eigenvalue weighted by Gasteiger charge is -2.26. The fraction of sp³-hybridized carbons (Fsp3) is 0.685. The van der Waals surface area contributed by atoms with Gasteiger partial charge in [0, 0.05) is 12.8 Å². The van der Waals surface area contributed by atoms with Crippen LogP contribution in [0.25, 0.3) is 0 Å². The van der Waals surface area contributed by atoms with E-state index in [0.717, 1.165) is 83.5 Å². The third kappa shape index (κ3) is 46.3. The molecule has 0 bridgehead atoms. The number of esters is 2.